The van der Waals surface area contributed by atoms with Gasteiger partial charge in [-0.1, -0.05) is 49.4 Å². The van der Waals surface area contributed by atoms with Crippen molar-refractivity contribution in [3.63, 3.8) is 0 Å². The van der Waals surface area contributed by atoms with Crippen LogP contribution < -0.4 is 0 Å². The molecule has 3 N–H and O–H groups in total. The Balaban J connectivity index is 1.62. The van der Waals surface area contributed by atoms with E-state index in [0.717, 1.165) is 25.1 Å². The van der Waals surface area contributed by atoms with Gasteiger partial charge >= 0.3 is 0 Å². The third-order valence-corrected chi connectivity index (χ3v) is 5.59. The number of hydrogen-bond donors (Lipinski definition) is 3. The van der Waals surface area contributed by atoms with Crippen molar-refractivity contribution < 1.29 is 15.3 Å². The third kappa shape index (κ3) is 4.44. The predicted molar refractivity (Wildman–Crippen MR) is 103 cm³/mol. The maximum absolute atomic E-state index is 11.0. The lowest BCUT2D eigenvalue weighted by Crippen LogP contribution is -2.50. The van der Waals surface area contributed by atoms with Crippen molar-refractivity contribution in [2.45, 2.75) is 50.4 Å². The van der Waals surface area contributed by atoms with Crippen LogP contribution in [0, 0.1) is 0 Å². The first kappa shape index (κ1) is 18.9. The third-order valence-electron chi connectivity index (χ3n) is 5.59. The molecule has 4 nitrogen and oxygen atoms in total. The first-order chi connectivity index (χ1) is 12.5. The van der Waals surface area contributed by atoms with Gasteiger partial charge in [-0.05, 0) is 42.5 Å². The Morgan fingerprint density at radius 3 is 2.19 bits per heavy atom. The maximum atomic E-state index is 11.0. The molecule has 0 spiro atoms. The fourth-order valence-corrected chi connectivity index (χ4v) is 4.00. The second-order valence-electron chi connectivity index (χ2n) is 7.43. The van der Waals surface area contributed by atoms with Crippen molar-refractivity contribution >= 4 is 0 Å². The molecule has 1 aliphatic heterocycles. The quantitative estimate of drug-likeness (QED) is 0.744. The van der Waals surface area contributed by atoms with E-state index in [0.29, 0.717) is 19.3 Å². The molecule has 0 radical (unpaired) electrons. The number of nitrogens with zero attached hydrogens (tertiary/aromatic N) is 1. The average Bonchev–Trinajstić information content (AvgIpc) is 2.65. The molecule has 0 bridgehead atoms. The number of likely N-dealkylation sites (tertiary alicyclic amines) is 1. The van der Waals surface area contributed by atoms with Gasteiger partial charge in [-0.2, -0.15) is 0 Å². The lowest BCUT2D eigenvalue weighted by Gasteiger charge is -2.43. The highest BCUT2D eigenvalue weighted by atomic mass is 16.3. The summed E-state index contributed by atoms with van der Waals surface area (Å²) in [6.45, 7) is 3.63. The fourth-order valence-electron chi connectivity index (χ4n) is 4.00. The summed E-state index contributed by atoms with van der Waals surface area (Å²) in [5.41, 5.74) is 1.32. The van der Waals surface area contributed by atoms with Crippen LogP contribution in [0.15, 0.2) is 54.6 Å². The Hall–Kier alpha value is -1.88. The number of rotatable bonds is 6. The molecule has 4 heteroatoms. The molecule has 0 aromatic heterocycles. The van der Waals surface area contributed by atoms with Crippen LogP contribution in [-0.4, -0.2) is 45.0 Å². The highest BCUT2D eigenvalue weighted by molar-refractivity contribution is 5.28. The minimum Gasteiger partial charge on any atom is -0.508 e. The van der Waals surface area contributed by atoms with E-state index in [-0.39, 0.29) is 11.8 Å². The fraction of sp³-hybridized carbons (Fsp3) is 0.455. The zero-order chi connectivity index (χ0) is 18.6. The summed E-state index contributed by atoms with van der Waals surface area (Å²) in [5.74, 6) is 0.206. The van der Waals surface area contributed by atoms with Crippen LogP contribution in [0.25, 0.3) is 0 Å². The Bertz CT molecular complexity index is 678. The van der Waals surface area contributed by atoms with Crippen LogP contribution in [0.4, 0.5) is 0 Å². The van der Waals surface area contributed by atoms with E-state index in [1.807, 2.05) is 18.2 Å². The molecule has 2 atom stereocenters. The first-order valence-corrected chi connectivity index (χ1v) is 9.48. The zero-order valence-corrected chi connectivity index (χ0v) is 15.4. The smallest absolute Gasteiger partial charge is 0.115 e. The van der Waals surface area contributed by atoms with Crippen molar-refractivity contribution in [2.75, 3.05) is 13.1 Å². The monoisotopic (exact) mass is 355 g/mol. The van der Waals surface area contributed by atoms with E-state index in [4.69, 9.17) is 0 Å². The van der Waals surface area contributed by atoms with E-state index in [1.54, 1.807) is 24.3 Å². The SMILES string of the molecule is CC[C@H]([C@@H](O)c1ccc(O)cc1)N1CCC(O)(Cc2ccccc2)CC1. The van der Waals surface area contributed by atoms with Gasteiger partial charge < -0.3 is 15.3 Å². The molecule has 3 rings (SSSR count). The minimum atomic E-state index is -0.667. The average molecular weight is 355 g/mol. The molecule has 2 aromatic rings. The Morgan fingerprint density at radius 1 is 1.00 bits per heavy atom. The highest BCUT2D eigenvalue weighted by Crippen LogP contribution is 2.31. The van der Waals surface area contributed by atoms with E-state index < -0.39 is 11.7 Å². The Labute approximate surface area is 155 Å². The first-order valence-electron chi connectivity index (χ1n) is 9.48. The second-order valence-corrected chi connectivity index (χ2v) is 7.43. The Morgan fingerprint density at radius 2 is 1.62 bits per heavy atom. The number of piperidine rings is 1. The van der Waals surface area contributed by atoms with E-state index in [1.165, 1.54) is 5.56 Å². The maximum Gasteiger partial charge on any atom is 0.115 e. The van der Waals surface area contributed by atoms with Gasteiger partial charge in [0.1, 0.15) is 5.75 Å². The number of aromatic hydroxyl groups is 1. The van der Waals surface area contributed by atoms with Gasteiger partial charge in [0, 0.05) is 25.6 Å². The van der Waals surface area contributed by atoms with Crippen LogP contribution in [-0.2, 0) is 6.42 Å². The summed E-state index contributed by atoms with van der Waals surface area (Å²) in [4.78, 5) is 2.29. The summed E-state index contributed by atoms with van der Waals surface area (Å²) in [6.07, 6.45) is 2.33. The molecule has 0 saturated carbocycles. The number of benzene rings is 2. The van der Waals surface area contributed by atoms with Crippen LogP contribution in [0.3, 0.4) is 0 Å². The van der Waals surface area contributed by atoms with Gasteiger partial charge in [0.15, 0.2) is 0 Å². The molecule has 1 aliphatic rings. The zero-order valence-electron chi connectivity index (χ0n) is 15.4. The molecular weight excluding hydrogens is 326 g/mol. The Kier molecular flexibility index (Phi) is 5.97. The summed E-state index contributed by atoms with van der Waals surface area (Å²) >= 11 is 0. The number of aliphatic hydroxyl groups excluding tert-OH is 1. The summed E-state index contributed by atoms with van der Waals surface area (Å²) in [5, 5.41) is 31.2. The summed E-state index contributed by atoms with van der Waals surface area (Å²) in [7, 11) is 0. The van der Waals surface area contributed by atoms with Crippen molar-refractivity contribution in [2.24, 2.45) is 0 Å². The van der Waals surface area contributed by atoms with Crippen molar-refractivity contribution in [1.29, 1.82) is 0 Å². The summed E-state index contributed by atoms with van der Waals surface area (Å²) in [6, 6.07) is 16.9. The largest absolute Gasteiger partial charge is 0.508 e. The molecular formula is C22H29NO3. The van der Waals surface area contributed by atoms with Crippen molar-refractivity contribution in [1.82, 2.24) is 4.90 Å². The number of phenols is 1. The standard InChI is InChI=1S/C22H29NO3/c1-2-20(21(25)18-8-10-19(24)11-9-18)23-14-12-22(26,13-15-23)16-17-6-4-3-5-7-17/h3-11,20-21,24-26H,2,12-16H2,1H3/t20-,21+/m1/s1. The molecule has 1 saturated heterocycles. The topological polar surface area (TPSA) is 63.9 Å². The van der Waals surface area contributed by atoms with E-state index in [2.05, 4.69) is 24.0 Å². The number of hydrogen-bond acceptors (Lipinski definition) is 4. The molecule has 140 valence electrons. The van der Waals surface area contributed by atoms with E-state index >= 15 is 0 Å². The molecule has 26 heavy (non-hydrogen) atoms. The second kappa shape index (κ2) is 8.21. The number of phenolic OH excluding ortho intramolecular Hbond substituents is 1. The molecule has 2 aromatic carbocycles. The lowest BCUT2D eigenvalue weighted by atomic mass is 9.84. The minimum absolute atomic E-state index is 0.0146. The molecule has 1 fully saturated rings. The normalized spacial score (nSPS) is 19.8. The van der Waals surface area contributed by atoms with Gasteiger partial charge in [0.05, 0.1) is 11.7 Å². The van der Waals surface area contributed by atoms with Gasteiger partial charge in [-0.15, -0.1) is 0 Å². The van der Waals surface area contributed by atoms with Crippen LogP contribution >= 0.6 is 0 Å². The molecule has 0 amide bonds. The predicted octanol–water partition coefficient (Wildman–Crippen LogP) is 3.27. The molecule has 1 heterocycles. The van der Waals surface area contributed by atoms with Gasteiger partial charge in [0.2, 0.25) is 0 Å². The van der Waals surface area contributed by atoms with Gasteiger partial charge in [0.25, 0.3) is 0 Å². The van der Waals surface area contributed by atoms with Gasteiger partial charge in [-0.3, -0.25) is 4.90 Å². The lowest BCUT2D eigenvalue weighted by molar-refractivity contribution is -0.0497. The van der Waals surface area contributed by atoms with Crippen LogP contribution in [0.2, 0.25) is 0 Å². The van der Waals surface area contributed by atoms with Gasteiger partial charge in [-0.25, -0.2) is 0 Å². The van der Waals surface area contributed by atoms with Crippen molar-refractivity contribution in [3.8, 4) is 5.75 Å². The van der Waals surface area contributed by atoms with Crippen LogP contribution in [0.5, 0.6) is 5.75 Å². The number of aliphatic hydroxyl groups is 2. The van der Waals surface area contributed by atoms with Crippen LogP contribution in [0.1, 0.15) is 43.4 Å². The highest BCUT2D eigenvalue weighted by Gasteiger charge is 2.36. The van der Waals surface area contributed by atoms with Crippen molar-refractivity contribution in [3.05, 3.63) is 65.7 Å². The molecule has 0 aliphatic carbocycles. The molecule has 0 unspecified atom stereocenters. The van der Waals surface area contributed by atoms with E-state index in [9.17, 15) is 15.3 Å². The summed E-state index contributed by atoms with van der Waals surface area (Å²) < 4.78 is 0.